The van der Waals surface area contributed by atoms with Gasteiger partial charge < -0.3 is 15.2 Å². The van der Waals surface area contributed by atoms with Gasteiger partial charge in [-0.1, -0.05) is 34.8 Å². The van der Waals surface area contributed by atoms with Gasteiger partial charge in [0, 0.05) is 16.3 Å². The van der Waals surface area contributed by atoms with Crippen LogP contribution in [0.3, 0.4) is 0 Å². The predicted molar refractivity (Wildman–Crippen MR) is 110 cm³/mol. The lowest BCUT2D eigenvalue weighted by atomic mass is 9.88. The molecule has 4 rings (SSSR count). The van der Waals surface area contributed by atoms with Gasteiger partial charge in [-0.15, -0.1) is 0 Å². The van der Waals surface area contributed by atoms with Gasteiger partial charge in [-0.3, -0.25) is 9.36 Å². The summed E-state index contributed by atoms with van der Waals surface area (Å²) in [7, 11) is 0. The molecule has 0 aliphatic carbocycles. The van der Waals surface area contributed by atoms with Crippen LogP contribution in [0, 0.1) is 0 Å². The molecule has 1 unspecified atom stereocenters. The first-order chi connectivity index (χ1) is 13.8. The van der Waals surface area contributed by atoms with Crippen molar-refractivity contribution in [3.05, 3.63) is 67.8 Å². The highest BCUT2D eigenvalue weighted by Gasteiger charge is 2.47. The van der Waals surface area contributed by atoms with E-state index >= 15 is 0 Å². The van der Waals surface area contributed by atoms with Crippen LogP contribution in [0.4, 0.5) is 0 Å². The van der Waals surface area contributed by atoms with E-state index in [1.54, 1.807) is 38.1 Å². The Morgan fingerprint density at radius 1 is 1.24 bits per heavy atom. The Labute approximate surface area is 181 Å². The molecule has 2 aromatic rings. The van der Waals surface area contributed by atoms with Crippen LogP contribution in [0.15, 0.2) is 47.1 Å². The Bertz CT molecular complexity index is 1120. The van der Waals surface area contributed by atoms with Crippen LogP contribution >= 0.6 is 34.8 Å². The number of allylic oxidation sites excluding steroid dienone is 2. The number of esters is 1. The molecule has 150 valence electrons. The first kappa shape index (κ1) is 19.9. The highest BCUT2D eigenvalue weighted by molar-refractivity contribution is 6.41. The zero-order valence-electron chi connectivity index (χ0n) is 15.4. The number of halogens is 3. The molecule has 0 radical (unpaired) electrons. The van der Waals surface area contributed by atoms with Crippen molar-refractivity contribution in [2.24, 2.45) is 5.73 Å². The minimum absolute atomic E-state index is 0.0477. The molecule has 1 aromatic carbocycles. The lowest BCUT2D eigenvalue weighted by Crippen LogP contribution is -2.25. The number of nitrogens with zero attached hydrogens (tertiary/aromatic N) is 1. The maximum Gasteiger partial charge on any atom is 0.338 e. The Balaban J connectivity index is 1.94. The first-order valence-electron chi connectivity index (χ1n) is 8.72. The summed E-state index contributed by atoms with van der Waals surface area (Å²) in [5, 5.41) is 0.962. The number of hydrogen-bond acceptors (Lipinski definition) is 5. The fourth-order valence-electron chi connectivity index (χ4n) is 3.77. The van der Waals surface area contributed by atoms with Gasteiger partial charge in [-0.05, 0) is 38.1 Å². The molecule has 1 atom stereocenters. The summed E-state index contributed by atoms with van der Waals surface area (Å²) in [5.41, 5.74) is 7.90. The molecular formula is C20H15Cl3N2O4. The van der Waals surface area contributed by atoms with E-state index in [0.717, 1.165) is 0 Å². The van der Waals surface area contributed by atoms with E-state index in [-0.39, 0.29) is 23.6 Å². The summed E-state index contributed by atoms with van der Waals surface area (Å²) in [6.07, 6.45) is 0. The van der Waals surface area contributed by atoms with Crippen molar-refractivity contribution in [1.82, 2.24) is 4.57 Å². The third-order valence-electron chi connectivity index (χ3n) is 4.88. The highest BCUT2D eigenvalue weighted by Crippen LogP contribution is 2.48. The second-order valence-electron chi connectivity index (χ2n) is 6.53. The average molecular weight is 454 g/mol. The molecule has 2 aliphatic heterocycles. The quantitative estimate of drug-likeness (QED) is 0.669. The third-order valence-corrected chi connectivity index (χ3v) is 5.70. The monoisotopic (exact) mass is 452 g/mol. The maximum atomic E-state index is 13.3. The molecule has 2 N–H and O–H groups in total. The maximum absolute atomic E-state index is 13.3. The van der Waals surface area contributed by atoms with Crippen molar-refractivity contribution in [2.75, 3.05) is 6.61 Å². The number of ether oxygens (including phenoxy) is 2. The van der Waals surface area contributed by atoms with E-state index in [9.17, 15) is 9.59 Å². The SMILES string of the molecule is CCOC(=O)C1=C(C)OC(N)=C2C(=O)n3c(-c4c(Cl)cc(Cl)cc4Cl)ccc3C12. The lowest BCUT2D eigenvalue weighted by molar-refractivity contribution is -0.139. The zero-order valence-corrected chi connectivity index (χ0v) is 17.7. The van der Waals surface area contributed by atoms with Crippen molar-refractivity contribution in [1.29, 1.82) is 0 Å². The summed E-state index contributed by atoms with van der Waals surface area (Å²) in [4.78, 5) is 25.9. The largest absolute Gasteiger partial charge is 0.463 e. The molecule has 0 spiro atoms. The van der Waals surface area contributed by atoms with Crippen LogP contribution in [0.1, 0.15) is 30.3 Å². The van der Waals surface area contributed by atoms with E-state index in [0.29, 0.717) is 37.8 Å². The number of fused-ring (bicyclic) bond motifs is 3. The van der Waals surface area contributed by atoms with Crippen LogP contribution in [0.2, 0.25) is 15.1 Å². The van der Waals surface area contributed by atoms with Gasteiger partial charge in [-0.2, -0.15) is 0 Å². The minimum Gasteiger partial charge on any atom is -0.463 e. The Kier molecular flexibility index (Phi) is 4.89. The highest BCUT2D eigenvalue weighted by atomic mass is 35.5. The fourth-order valence-corrected chi connectivity index (χ4v) is 4.78. The molecule has 1 aromatic heterocycles. The Morgan fingerprint density at radius 3 is 2.52 bits per heavy atom. The summed E-state index contributed by atoms with van der Waals surface area (Å²) in [5.74, 6) is -1.44. The van der Waals surface area contributed by atoms with Crippen LogP contribution < -0.4 is 5.73 Å². The van der Waals surface area contributed by atoms with E-state index in [1.807, 2.05) is 0 Å². The fraction of sp³-hybridized carbons (Fsp3) is 0.200. The molecule has 0 bridgehead atoms. The normalized spacial score (nSPS) is 18.0. The molecule has 6 nitrogen and oxygen atoms in total. The Morgan fingerprint density at radius 2 is 1.90 bits per heavy atom. The molecule has 0 amide bonds. The van der Waals surface area contributed by atoms with Gasteiger partial charge in [0.2, 0.25) is 0 Å². The van der Waals surface area contributed by atoms with Crippen LogP contribution in [0.5, 0.6) is 0 Å². The second kappa shape index (κ2) is 7.13. The van der Waals surface area contributed by atoms with Gasteiger partial charge in [0.1, 0.15) is 5.76 Å². The van der Waals surface area contributed by atoms with Gasteiger partial charge in [0.25, 0.3) is 5.91 Å². The molecule has 9 heteroatoms. The molecule has 3 heterocycles. The van der Waals surface area contributed by atoms with Crippen LogP contribution in [-0.4, -0.2) is 23.1 Å². The number of rotatable bonds is 3. The Hall–Kier alpha value is -2.41. The molecule has 2 aliphatic rings. The van der Waals surface area contributed by atoms with Gasteiger partial charge in [0.05, 0.1) is 39.4 Å². The number of benzene rings is 1. The predicted octanol–water partition coefficient (Wildman–Crippen LogP) is 4.89. The third kappa shape index (κ3) is 2.94. The van der Waals surface area contributed by atoms with Crippen molar-refractivity contribution in [3.8, 4) is 11.3 Å². The molecule has 29 heavy (non-hydrogen) atoms. The van der Waals surface area contributed by atoms with Gasteiger partial charge in [0.15, 0.2) is 5.88 Å². The molecular weight excluding hydrogens is 439 g/mol. The van der Waals surface area contributed by atoms with E-state index < -0.39 is 17.8 Å². The number of aromatic nitrogens is 1. The number of hydrogen-bond donors (Lipinski definition) is 1. The molecule has 0 saturated carbocycles. The van der Waals surface area contributed by atoms with E-state index in [2.05, 4.69) is 0 Å². The molecule has 0 saturated heterocycles. The number of carbonyl (C=O) groups is 2. The zero-order chi connectivity index (χ0) is 21.0. The minimum atomic E-state index is -0.700. The molecule has 0 fully saturated rings. The van der Waals surface area contributed by atoms with E-state index in [1.165, 1.54) is 4.57 Å². The summed E-state index contributed by atoms with van der Waals surface area (Å²) < 4.78 is 12.1. The van der Waals surface area contributed by atoms with Gasteiger partial charge >= 0.3 is 5.97 Å². The summed E-state index contributed by atoms with van der Waals surface area (Å²) in [6, 6.07) is 6.54. The number of nitrogens with two attached hydrogens (primary N) is 1. The number of carbonyl (C=O) groups excluding carboxylic acids is 2. The standard InChI is InChI=1S/C20H15Cl3N2O4/c1-3-28-20(27)14-8(2)29-18(24)17-16(14)13-5-4-12(25(13)19(17)26)15-10(22)6-9(21)7-11(15)23/h4-7,16H,3,24H2,1-2H3. The van der Waals surface area contributed by atoms with Crippen molar-refractivity contribution >= 4 is 46.7 Å². The topological polar surface area (TPSA) is 83.6 Å². The van der Waals surface area contributed by atoms with Crippen molar-refractivity contribution in [3.63, 3.8) is 0 Å². The average Bonchev–Trinajstić information content (AvgIpc) is 3.15. The lowest BCUT2D eigenvalue weighted by Gasteiger charge is -2.23. The van der Waals surface area contributed by atoms with E-state index in [4.69, 9.17) is 50.0 Å². The second-order valence-corrected chi connectivity index (χ2v) is 7.78. The smallest absolute Gasteiger partial charge is 0.338 e. The summed E-state index contributed by atoms with van der Waals surface area (Å²) in [6.45, 7) is 3.50. The van der Waals surface area contributed by atoms with Crippen molar-refractivity contribution in [2.45, 2.75) is 19.8 Å². The van der Waals surface area contributed by atoms with Crippen molar-refractivity contribution < 1.29 is 19.1 Å². The first-order valence-corrected chi connectivity index (χ1v) is 9.86. The van der Waals surface area contributed by atoms with Gasteiger partial charge in [-0.25, -0.2) is 4.79 Å². The summed E-state index contributed by atoms with van der Waals surface area (Å²) >= 11 is 18.7. The van der Waals surface area contributed by atoms with Crippen LogP contribution in [-0.2, 0) is 14.3 Å². The van der Waals surface area contributed by atoms with Crippen LogP contribution in [0.25, 0.3) is 11.3 Å².